The summed E-state index contributed by atoms with van der Waals surface area (Å²) in [5, 5.41) is 2.80. The Bertz CT molecular complexity index is 475. The average Bonchev–Trinajstić information content (AvgIpc) is 2.44. The van der Waals surface area contributed by atoms with E-state index in [1.54, 1.807) is 0 Å². The van der Waals surface area contributed by atoms with E-state index in [0.717, 1.165) is 12.8 Å². The first kappa shape index (κ1) is 15.2. The van der Waals surface area contributed by atoms with Gasteiger partial charge in [-0.1, -0.05) is 19.3 Å². The molecule has 1 atom stereocenters. The molecule has 0 heterocycles. The molecule has 1 unspecified atom stereocenters. The van der Waals surface area contributed by atoms with Crippen molar-refractivity contribution < 1.29 is 9.18 Å². The first-order valence-electron chi connectivity index (χ1n) is 7.08. The Hall–Kier alpha value is -1.23. The van der Waals surface area contributed by atoms with Gasteiger partial charge in [-0.05, 0) is 38.0 Å². The minimum absolute atomic E-state index is 0.00515. The lowest BCUT2D eigenvalue weighted by Gasteiger charge is -2.24. The fourth-order valence-corrected chi connectivity index (χ4v) is 3.36. The van der Waals surface area contributed by atoms with Crippen molar-refractivity contribution in [2.24, 2.45) is 0 Å². The van der Waals surface area contributed by atoms with Crippen molar-refractivity contribution in [3.8, 4) is 0 Å². The Balaban J connectivity index is 1.91. The number of thioether (sulfide) groups is 1. The Morgan fingerprint density at radius 1 is 1.40 bits per heavy atom. The summed E-state index contributed by atoms with van der Waals surface area (Å²) in [6.45, 7) is 1.83. The Labute approximate surface area is 123 Å². The number of anilines is 1. The molecule has 1 aromatic rings. The van der Waals surface area contributed by atoms with E-state index in [1.807, 2.05) is 6.92 Å². The summed E-state index contributed by atoms with van der Waals surface area (Å²) >= 11 is 1.30. The van der Waals surface area contributed by atoms with E-state index in [9.17, 15) is 9.18 Å². The molecule has 20 heavy (non-hydrogen) atoms. The lowest BCUT2D eigenvalue weighted by atomic mass is 9.95. The number of rotatable bonds is 4. The van der Waals surface area contributed by atoms with Crippen LogP contribution in [0.2, 0.25) is 0 Å². The minimum atomic E-state index is -0.332. The summed E-state index contributed by atoms with van der Waals surface area (Å²) in [5.74, 6) is -0.327. The Kier molecular flexibility index (Phi) is 5.29. The van der Waals surface area contributed by atoms with Gasteiger partial charge in [0.25, 0.3) is 0 Å². The summed E-state index contributed by atoms with van der Waals surface area (Å²) in [6, 6.07) is 4.53. The van der Waals surface area contributed by atoms with E-state index in [0.29, 0.717) is 16.6 Å². The number of hydrogen-bond acceptors (Lipinski definition) is 3. The predicted octanol–water partition coefficient (Wildman–Crippen LogP) is 3.34. The van der Waals surface area contributed by atoms with Crippen LogP contribution in [0.5, 0.6) is 0 Å². The second-order valence-electron chi connectivity index (χ2n) is 5.29. The third-order valence-electron chi connectivity index (χ3n) is 3.60. The lowest BCUT2D eigenvalue weighted by Crippen LogP contribution is -2.40. The number of carbonyl (C=O) groups is 1. The molecule has 5 heteroatoms. The first-order chi connectivity index (χ1) is 9.56. The first-order valence-corrected chi connectivity index (χ1v) is 7.96. The zero-order valence-electron chi connectivity index (χ0n) is 11.7. The minimum Gasteiger partial charge on any atom is -0.398 e. The van der Waals surface area contributed by atoms with Crippen molar-refractivity contribution in [2.45, 2.75) is 55.2 Å². The van der Waals surface area contributed by atoms with Crippen LogP contribution in [0.15, 0.2) is 23.1 Å². The van der Waals surface area contributed by atoms with Crippen LogP contribution >= 0.6 is 11.8 Å². The van der Waals surface area contributed by atoms with Gasteiger partial charge in [0.15, 0.2) is 0 Å². The highest BCUT2D eigenvalue weighted by Crippen LogP contribution is 2.29. The van der Waals surface area contributed by atoms with Crippen LogP contribution in [-0.2, 0) is 4.79 Å². The van der Waals surface area contributed by atoms with Gasteiger partial charge in [0.2, 0.25) is 5.91 Å². The topological polar surface area (TPSA) is 55.1 Å². The van der Waals surface area contributed by atoms with Crippen molar-refractivity contribution in [3.05, 3.63) is 24.0 Å². The van der Waals surface area contributed by atoms with E-state index in [1.165, 1.54) is 49.2 Å². The highest BCUT2D eigenvalue weighted by atomic mass is 32.2. The van der Waals surface area contributed by atoms with E-state index in [4.69, 9.17) is 5.73 Å². The largest absolute Gasteiger partial charge is 0.398 e. The molecule has 3 N–H and O–H groups in total. The molecule has 1 saturated carbocycles. The number of amides is 1. The molecule has 1 amide bonds. The van der Waals surface area contributed by atoms with Crippen LogP contribution in [0.25, 0.3) is 0 Å². The summed E-state index contributed by atoms with van der Waals surface area (Å²) in [7, 11) is 0. The molecule has 0 radical (unpaired) electrons. The molecule has 1 aliphatic rings. The van der Waals surface area contributed by atoms with Crippen LogP contribution in [0, 0.1) is 5.82 Å². The molecule has 0 spiro atoms. The second kappa shape index (κ2) is 6.97. The molecular weight excluding hydrogens is 275 g/mol. The summed E-state index contributed by atoms with van der Waals surface area (Å²) in [4.78, 5) is 12.8. The second-order valence-corrected chi connectivity index (χ2v) is 6.67. The van der Waals surface area contributed by atoms with Crippen molar-refractivity contribution in [3.63, 3.8) is 0 Å². The van der Waals surface area contributed by atoms with Gasteiger partial charge in [-0.15, -0.1) is 11.8 Å². The van der Waals surface area contributed by atoms with E-state index in [-0.39, 0.29) is 17.0 Å². The zero-order valence-corrected chi connectivity index (χ0v) is 12.5. The maximum atomic E-state index is 13.2. The molecule has 3 nitrogen and oxygen atoms in total. The van der Waals surface area contributed by atoms with Gasteiger partial charge < -0.3 is 11.1 Å². The lowest BCUT2D eigenvalue weighted by molar-refractivity contribution is -0.121. The third-order valence-corrected chi connectivity index (χ3v) is 4.78. The molecule has 0 bridgehead atoms. The molecule has 1 fully saturated rings. The van der Waals surface area contributed by atoms with Crippen LogP contribution in [0.1, 0.15) is 39.0 Å². The smallest absolute Gasteiger partial charge is 0.233 e. The van der Waals surface area contributed by atoms with Crippen LogP contribution in [0.3, 0.4) is 0 Å². The van der Waals surface area contributed by atoms with Crippen LogP contribution in [-0.4, -0.2) is 17.2 Å². The molecular formula is C15H21FN2OS. The van der Waals surface area contributed by atoms with Gasteiger partial charge in [-0.3, -0.25) is 4.79 Å². The number of nitrogens with two attached hydrogens (primary N) is 1. The summed E-state index contributed by atoms with van der Waals surface area (Å²) in [6.07, 6.45) is 5.75. The fraction of sp³-hybridized carbons (Fsp3) is 0.533. The number of nitrogen functional groups attached to an aromatic ring is 1. The molecule has 0 saturated heterocycles. The fourth-order valence-electron chi connectivity index (χ4n) is 2.42. The molecule has 110 valence electrons. The van der Waals surface area contributed by atoms with Crippen molar-refractivity contribution in [1.82, 2.24) is 5.32 Å². The number of halogens is 1. The zero-order chi connectivity index (χ0) is 14.5. The van der Waals surface area contributed by atoms with Gasteiger partial charge in [0.1, 0.15) is 5.82 Å². The maximum absolute atomic E-state index is 13.2. The van der Waals surface area contributed by atoms with E-state index >= 15 is 0 Å². The third kappa shape index (κ3) is 4.13. The summed E-state index contributed by atoms with van der Waals surface area (Å²) in [5.41, 5.74) is 6.31. The SMILES string of the molecule is CC(Sc1cc(F)ccc1N)C(=O)NC1CCCCC1. The van der Waals surface area contributed by atoms with Crippen molar-refractivity contribution in [2.75, 3.05) is 5.73 Å². The average molecular weight is 296 g/mol. The van der Waals surface area contributed by atoms with Gasteiger partial charge in [-0.25, -0.2) is 4.39 Å². The highest BCUT2D eigenvalue weighted by molar-refractivity contribution is 8.00. The quantitative estimate of drug-likeness (QED) is 0.662. The molecule has 0 aliphatic heterocycles. The van der Waals surface area contributed by atoms with Crippen LogP contribution < -0.4 is 11.1 Å². The normalized spacial score (nSPS) is 17.7. The van der Waals surface area contributed by atoms with Crippen molar-refractivity contribution >= 4 is 23.4 Å². The van der Waals surface area contributed by atoms with Gasteiger partial charge in [-0.2, -0.15) is 0 Å². The molecule has 2 rings (SSSR count). The predicted molar refractivity (Wildman–Crippen MR) is 81.1 cm³/mol. The van der Waals surface area contributed by atoms with Gasteiger partial charge in [0, 0.05) is 16.6 Å². The number of nitrogens with one attached hydrogen (secondary N) is 1. The monoisotopic (exact) mass is 296 g/mol. The van der Waals surface area contributed by atoms with E-state index in [2.05, 4.69) is 5.32 Å². The van der Waals surface area contributed by atoms with E-state index < -0.39 is 0 Å². The summed E-state index contributed by atoms with van der Waals surface area (Å²) < 4.78 is 13.2. The molecule has 0 aromatic heterocycles. The van der Waals surface area contributed by atoms with Crippen molar-refractivity contribution in [1.29, 1.82) is 0 Å². The Morgan fingerprint density at radius 3 is 2.80 bits per heavy atom. The Morgan fingerprint density at radius 2 is 2.10 bits per heavy atom. The van der Waals surface area contributed by atoms with Gasteiger partial charge >= 0.3 is 0 Å². The maximum Gasteiger partial charge on any atom is 0.233 e. The standard InChI is InChI=1S/C15H21FN2OS/c1-10(15(19)18-12-5-3-2-4-6-12)20-14-9-11(16)7-8-13(14)17/h7-10,12H,2-6,17H2,1H3,(H,18,19). The van der Waals surface area contributed by atoms with Crippen LogP contribution in [0.4, 0.5) is 10.1 Å². The number of benzene rings is 1. The molecule has 1 aromatic carbocycles. The molecule has 1 aliphatic carbocycles. The highest BCUT2D eigenvalue weighted by Gasteiger charge is 2.21. The number of hydrogen-bond donors (Lipinski definition) is 2. The number of carbonyl (C=O) groups excluding carboxylic acids is 1. The van der Waals surface area contributed by atoms with Gasteiger partial charge in [0.05, 0.1) is 5.25 Å².